The maximum absolute atomic E-state index is 11.4. The van der Waals surface area contributed by atoms with Crippen LogP contribution in [0.15, 0.2) is 17.0 Å². The lowest BCUT2D eigenvalue weighted by Gasteiger charge is -2.09. The number of nitro benzene ring substituents is 1. The maximum atomic E-state index is 11.4. The molecule has 0 fully saturated rings. The zero-order chi connectivity index (χ0) is 16.0. The Morgan fingerprint density at radius 2 is 2.10 bits per heavy atom. The van der Waals surface area contributed by atoms with Crippen LogP contribution in [0.25, 0.3) is 0 Å². The van der Waals surface area contributed by atoms with E-state index < -0.39 is 19.7 Å². The molecule has 0 aromatic heterocycles. The summed E-state index contributed by atoms with van der Waals surface area (Å²) in [6.45, 7) is 3.89. The molecule has 0 atom stereocenters. The average molecular weight is 354 g/mol. The van der Waals surface area contributed by atoms with Crippen LogP contribution in [-0.2, 0) is 9.05 Å². The summed E-state index contributed by atoms with van der Waals surface area (Å²) in [5, 5.41) is 11.0. The van der Waals surface area contributed by atoms with Gasteiger partial charge >= 0.3 is 5.69 Å². The minimum absolute atomic E-state index is 0.0584. The number of nitro groups is 1. The van der Waals surface area contributed by atoms with Crippen LogP contribution >= 0.6 is 22.4 Å². The van der Waals surface area contributed by atoms with Gasteiger partial charge in [-0.15, -0.1) is 0 Å². The van der Waals surface area contributed by atoms with Gasteiger partial charge in [0.15, 0.2) is 5.75 Å². The van der Waals surface area contributed by atoms with E-state index in [1.54, 1.807) is 11.8 Å². The largest absolute Gasteiger partial charge is 0.487 e. The quantitative estimate of drug-likeness (QED) is 0.308. The van der Waals surface area contributed by atoms with Gasteiger partial charge in [0, 0.05) is 16.7 Å². The van der Waals surface area contributed by atoms with Gasteiger partial charge in [-0.2, -0.15) is 11.8 Å². The molecular weight excluding hydrogens is 338 g/mol. The van der Waals surface area contributed by atoms with Crippen molar-refractivity contribution in [3.05, 3.63) is 27.8 Å². The molecule has 0 saturated carbocycles. The van der Waals surface area contributed by atoms with Crippen molar-refractivity contribution in [2.24, 2.45) is 0 Å². The molecule has 0 unspecified atom stereocenters. The second-order valence-corrected chi connectivity index (χ2v) is 8.11. The van der Waals surface area contributed by atoms with E-state index in [9.17, 15) is 18.5 Å². The Bertz CT molecular complexity index is 618. The lowest BCUT2D eigenvalue weighted by molar-refractivity contribution is -0.386. The Balaban J connectivity index is 2.99. The van der Waals surface area contributed by atoms with Gasteiger partial charge < -0.3 is 4.74 Å². The normalized spacial score (nSPS) is 11.4. The van der Waals surface area contributed by atoms with E-state index in [4.69, 9.17) is 15.4 Å². The molecule has 1 aromatic rings. The molecule has 118 valence electrons. The molecule has 0 saturated heterocycles. The Kier molecular flexibility index (Phi) is 6.76. The summed E-state index contributed by atoms with van der Waals surface area (Å²) >= 11 is 1.75. The fraction of sp³-hybridized carbons (Fsp3) is 0.500. The highest BCUT2D eigenvalue weighted by atomic mass is 35.7. The van der Waals surface area contributed by atoms with Crippen LogP contribution in [0.5, 0.6) is 5.75 Å². The summed E-state index contributed by atoms with van der Waals surface area (Å²) in [6.07, 6.45) is 0.754. The van der Waals surface area contributed by atoms with Crippen LogP contribution in [0.3, 0.4) is 0 Å². The fourth-order valence-electron chi connectivity index (χ4n) is 1.66. The van der Waals surface area contributed by atoms with Gasteiger partial charge in [-0.3, -0.25) is 10.1 Å². The van der Waals surface area contributed by atoms with E-state index in [0.717, 1.165) is 24.0 Å². The van der Waals surface area contributed by atoms with Crippen LogP contribution in [0.1, 0.15) is 18.9 Å². The van der Waals surface area contributed by atoms with Gasteiger partial charge in [-0.05, 0) is 36.5 Å². The number of halogens is 1. The smallest absolute Gasteiger partial charge is 0.312 e. The third kappa shape index (κ3) is 5.37. The highest BCUT2D eigenvalue weighted by molar-refractivity contribution is 8.13. The summed E-state index contributed by atoms with van der Waals surface area (Å²) < 4.78 is 28.1. The summed E-state index contributed by atoms with van der Waals surface area (Å²) in [4.78, 5) is 10.1. The lowest BCUT2D eigenvalue weighted by Crippen LogP contribution is -2.04. The molecule has 0 radical (unpaired) electrons. The third-order valence-electron chi connectivity index (χ3n) is 2.61. The van der Waals surface area contributed by atoms with E-state index >= 15 is 0 Å². The monoisotopic (exact) mass is 353 g/mol. The molecule has 0 N–H and O–H groups in total. The third-order valence-corrected chi connectivity index (χ3v) is 5.06. The molecule has 0 aliphatic carbocycles. The Hall–Kier alpha value is -0.990. The summed E-state index contributed by atoms with van der Waals surface area (Å²) in [6, 6.07) is 2.27. The van der Waals surface area contributed by atoms with E-state index in [1.807, 2.05) is 6.92 Å². The first-order valence-corrected chi connectivity index (χ1v) is 9.68. The molecule has 0 heterocycles. The summed E-state index contributed by atoms with van der Waals surface area (Å²) in [7, 11) is 1.23. The first kappa shape index (κ1) is 18.1. The van der Waals surface area contributed by atoms with Crippen LogP contribution in [0.2, 0.25) is 0 Å². The minimum Gasteiger partial charge on any atom is -0.487 e. The number of rotatable bonds is 8. The molecule has 21 heavy (non-hydrogen) atoms. The van der Waals surface area contributed by atoms with Crippen molar-refractivity contribution in [2.45, 2.75) is 25.2 Å². The predicted octanol–water partition coefficient (Wildman–Crippen LogP) is 3.35. The molecule has 1 rings (SSSR count). The minimum atomic E-state index is -4.03. The molecule has 0 spiro atoms. The topological polar surface area (TPSA) is 86.5 Å². The molecule has 0 aliphatic heterocycles. The average Bonchev–Trinajstić information content (AvgIpc) is 2.36. The molecular formula is C12H16ClNO5S2. The summed E-state index contributed by atoms with van der Waals surface area (Å²) in [5.41, 5.74) is -0.0866. The van der Waals surface area contributed by atoms with Gasteiger partial charge in [-0.1, -0.05) is 6.92 Å². The number of nitrogens with zero attached hydrogens (tertiary/aromatic N) is 1. The van der Waals surface area contributed by atoms with Crippen molar-refractivity contribution in [1.29, 1.82) is 0 Å². The van der Waals surface area contributed by atoms with Gasteiger partial charge in [0.05, 0.1) is 16.4 Å². The van der Waals surface area contributed by atoms with Crippen LogP contribution in [0, 0.1) is 17.0 Å². The highest BCUT2D eigenvalue weighted by Gasteiger charge is 2.23. The van der Waals surface area contributed by atoms with Crippen molar-refractivity contribution in [2.75, 3.05) is 18.1 Å². The van der Waals surface area contributed by atoms with Gasteiger partial charge in [0.2, 0.25) is 0 Å². The number of benzene rings is 1. The van der Waals surface area contributed by atoms with E-state index in [1.165, 1.54) is 13.0 Å². The second-order valence-electron chi connectivity index (χ2n) is 4.18. The zero-order valence-electron chi connectivity index (χ0n) is 11.7. The Morgan fingerprint density at radius 3 is 2.62 bits per heavy atom. The number of thioether (sulfide) groups is 1. The standard InChI is InChI=1S/C12H16ClNO5S2/c1-3-20-6-4-5-19-11-7-9(2)12(21(13,17)18)8-10(11)14(15)16/h7-8H,3-6H2,1-2H3. The first-order chi connectivity index (χ1) is 9.77. The maximum Gasteiger partial charge on any atom is 0.312 e. The Morgan fingerprint density at radius 1 is 1.43 bits per heavy atom. The van der Waals surface area contributed by atoms with Gasteiger partial charge in [0.1, 0.15) is 0 Å². The first-order valence-electron chi connectivity index (χ1n) is 6.21. The predicted molar refractivity (Wildman–Crippen MR) is 84.0 cm³/mol. The van der Waals surface area contributed by atoms with E-state index in [-0.39, 0.29) is 10.6 Å². The second kappa shape index (κ2) is 7.86. The van der Waals surface area contributed by atoms with Gasteiger partial charge in [-0.25, -0.2) is 8.42 Å². The zero-order valence-corrected chi connectivity index (χ0v) is 14.1. The number of hydrogen-bond acceptors (Lipinski definition) is 6. The molecule has 6 nitrogen and oxygen atoms in total. The van der Waals surface area contributed by atoms with Crippen molar-refractivity contribution >= 4 is 37.2 Å². The highest BCUT2D eigenvalue weighted by Crippen LogP contribution is 2.33. The van der Waals surface area contributed by atoms with Crippen molar-refractivity contribution in [3.8, 4) is 5.75 Å². The summed E-state index contributed by atoms with van der Waals surface area (Å²) in [5.74, 6) is 1.96. The fourth-order valence-corrected chi connectivity index (χ4v) is 3.46. The molecule has 0 aliphatic rings. The van der Waals surface area contributed by atoms with Crippen LogP contribution in [0.4, 0.5) is 5.69 Å². The van der Waals surface area contributed by atoms with Crippen LogP contribution in [-0.4, -0.2) is 31.5 Å². The van der Waals surface area contributed by atoms with Crippen molar-refractivity contribution < 1.29 is 18.1 Å². The van der Waals surface area contributed by atoms with Gasteiger partial charge in [0.25, 0.3) is 9.05 Å². The molecule has 0 amide bonds. The van der Waals surface area contributed by atoms with Crippen molar-refractivity contribution in [3.63, 3.8) is 0 Å². The Labute approximate surface area is 132 Å². The number of ether oxygens (including phenoxy) is 1. The SMILES string of the molecule is CCSCCCOc1cc(C)c(S(=O)(=O)Cl)cc1[N+](=O)[O-]. The number of aryl methyl sites for hydroxylation is 1. The number of hydrogen-bond donors (Lipinski definition) is 0. The lowest BCUT2D eigenvalue weighted by atomic mass is 10.2. The van der Waals surface area contributed by atoms with E-state index in [0.29, 0.717) is 12.2 Å². The van der Waals surface area contributed by atoms with Crippen molar-refractivity contribution in [1.82, 2.24) is 0 Å². The molecule has 0 bridgehead atoms. The van der Waals surface area contributed by atoms with E-state index in [2.05, 4.69) is 0 Å². The molecule has 1 aromatic carbocycles. The molecule has 9 heteroatoms. The van der Waals surface area contributed by atoms with Crippen LogP contribution < -0.4 is 4.74 Å².